The number of rotatable bonds is 11. The van der Waals surface area contributed by atoms with E-state index in [1.165, 1.54) is 0 Å². The molecule has 2 nitrogen and oxygen atoms in total. The van der Waals surface area contributed by atoms with Crippen LogP contribution in [0.15, 0.2) is 0 Å². The molecule has 1 N–H and O–H groups in total. The van der Waals surface area contributed by atoms with Crippen molar-refractivity contribution in [2.75, 3.05) is 33.8 Å². The molecule has 0 aliphatic heterocycles. The Labute approximate surface area is 173 Å². The SMILES string of the molecule is C[N+](C)(CCO)CCC(F)(F)C(F)(F)C(F)(F)C(F)(F)C(F)(F)C(F)(F)C(F)(F)C(F)(F)F. The highest BCUT2D eigenvalue weighted by atomic mass is 19.4. The quantitative estimate of drug-likeness (QED) is 0.275. The largest absolute Gasteiger partial charge is 0.460 e. The van der Waals surface area contributed by atoms with E-state index >= 15 is 0 Å². The van der Waals surface area contributed by atoms with Crippen LogP contribution in [0.3, 0.4) is 0 Å². The lowest BCUT2D eigenvalue weighted by molar-refractivity contribution is -0.891. The molecule has 0 unspecified atom stereocenters. The van der Waals surface area contributed by atoms with Crippen molar-refractivity contribution >= 4 is 0 Å². The van der Waals surface area contributed by atoms with Crippen LogP contribution in [0.4, 0.5) is 74.6 Å². The van der Waals surface area contributed by atoms with Crippen LogP contribution >= 0.6 is 0 Å². The third-order valence-electron chi connectivity index (χ3n) is 4.52. The molecule has 0 saturated carbocycles. The van der Waals surface area contributed by atoms with Gasteiger partial charge in [-0.05, 0) is 0 Å². The molecular formula is C14H15F17NO+. The summed E-state index contributed by atoms with van der Waals surface area (Å²) in [4.78, 5) is 0. The van der Waals surface area contributed by atoms with Crippen LogP contribution in [0, 0.1) is 0 Å². The van der Waals surface area contributed by atoms with Crippen LogP contribution in [0.2, 0.25) is 0 Å². The molecule has 0 aromatic carbocycles. The number of likely N-dealkylation sites (N-methyl/N-ethyl adjacent to an activating group) is 1. The van der Waals surface area contributed by atoms with Crippen molar-refractivity contribution in [2.45, 2.75) is 54.1 Å². The molecule has 0 bridgehead atoms. The maximum Gasteiger partial charge on any atom is 0.460 e. The lowest BCUT2D eigenvalue weighted by atomic mass is 9.88. The summed E-state index contributed by atoms with van der Waals surface area (Å²) in [5, 5.41) is 8.65. The highest BCUT2D eigenvalue weighted by Crippen LogP contribution is 2.64. The van der Waals surface area contributed by atoms with E-state index in [1.54, 1.807) is 0 Å². The Morgan fingerprint density at radius 1 is 0.485 bits per heavy atom. The van der Waals surface area contributed by atoms with Crippen molar-refractivity contribution in [3.05, 3.63) is 0 Å². The van der Waals surface area contributed by atoms with Gasteiger partial charge < -0.3 is 9.59 Å². The zero-order valence-corrected chi connectivity index (χ0v) is 16.1. The topological polar surface area (TPSA) is 20.2 Å². The summed E-state index contributed by atoms with van der Waals surface area (Å²) in [5.74, 6) is -56.2. The van der Waals surface area contributed by atoms with Gasteiger partial charge in [0.05, 0.1) is 33.7 Å². The molecule has 200 valence electrons. The van der Waals surface area contributed by atoms with Crippen LogP contribution < -0.4 is 0 Å². The van der Waals surface area contributed by atoms with Crippen LogP contribution in [0.1, 0.15) is 6.42 Å². The predicted octanol–water partition coefficient (Wildman–Crippen LogP) is 5.45. The summed E-state index contributed by atoms with van der Waals surface area (Å²) in [6.45, 7) is -2.63. The first kappa shape index (κ1) is 31.7. The summed E-state index contributed by atoms with van der Waals surface area (Å²) in [6, 6.07) is 0. The molecule has 0 aliphatic rings. The maximum atomic E-state index is 13.7. The third kappa shape index (κ3) is 4.80. The van der Waals surface area contributed by atoms with E-state index in [0.29, 0.717) is 0 Å². The minimum Gasteiger partial charge on any atom is -0.391 e. The zero-order chi connectivity index (χ0) is 27.3. The van der Waals surface area contributed by atoms with Gasteiger partial charge in [-0.15, -0.1) is 0 Å². The summed E-state index contributed by atoms with van der Waals surface area (Å²) in [7, 11) is 1.84. The molecule has 0 heterocycles. The lowest BCUT2D eigenvalue weighted by Crippen LogP contribution is -2.74. The first-order chi connectivity index (χ1) is 14.0. The summed E-state index contributed by atoms with van der Waals surface area (Å²) in [5.41, 5.74) is 0. The fraction of sp³-hybridized carbons (Fsp3) is 1.00. The second kappa shape index (κ2) is 8.44. The monoisotopic (exact) mass is 536 g/mol. The van der Waals surface area contributed by atoms with Gasteiger partial charge in [0.1, 0.15) is 6.54 Å². The average Bonchev–Trinajstić information content (AvgIpc) is 2.58. The number of alkyl halides is 17. The van der Waals surface area contributed by atoms with Gasteiger partial charge in [-0.1, -0.05) is 0 Å². The first-order valence-electron chi connectivity index (χ1n) is 8.16. The van der Waals surface area contributed by atoms with Gasteiger partial charge in [0.2, 0.25) is 0 Å². The summed E-state index contributed by atoms with van der Waals surface area (Å²) >= 11 is 0. The number of halogens is 17. The average molecular weight is 536 g/mol. The molecule has 19 heteroatoms. The van der Waals surface area contributed by atoms with Gasteiger partial charge in [-0.3, -0.25) is 0 Å². The van der Waals surface area contributed by atoms with E-state index in [4.69, 9.17) is 5.11 Å². The van der Waals surface area contributed by atoms with Gasteiger partial charge in [0, 0.05) is 0 Å². The van der Waals surface area contributed by atoms with Crippen molar-refractivity contribution in [1.82, 2.24) is 0 Å². The van der Waals surface area contributed by atoms with Crippen molar-refractivity contribution in [3.63, 3.8) is 0 Å². The second-order valence-electron chi connectivity index (χ2n) is 7.51. The smallest absolute Gasteiger partial charge is 0.391 e. The molecule has 0 spiro atoms. The number of aliphatic hydroxyl groups is 1. The molecule has 0 aromatic heterocycles. The number of quaternary nitrogens is 1. The van der Waals surface area contributed by atoms with E-state index < -0.39 is 78.2 Å². The van der Waals surface area contributed by atoms with Gasteiger partial charge in [-0.2, -0.15) is 74.6 Å². The Bertz CT molecular complexity index is 682. The van der Waals surface area contributed by atoms with Gasteiger partial charge >= 0.3 is 47.6 Å². The second-order valence-corrected chi connectivity index (χ2v) is 7.51. The molecule has 0 atom stereocenters. The highest BCUT2D eigenvalue weighted by molar-refractivity contribution is 5.15. The van der Waals surface area contributed by atoms with Crippen LogP contribution in [0.5, 0.6) is 0 Å². The molecule has 0 rings (SSSR count). The van der Waals surface area contributed by atoms with Crippen LogP contribution in [-0.2, 0) is 0 Å². The number of hydrogen-bond donors (Lipinski definition) is 1. The van der Waals surface area contributed by atoms with Crippen LogP contribution in [0.25, 0.3) is 0 Å². The standard InChI is InChI=1S/C14H15F17NO/c1-32(2,5-6-33)4-3-7(15,16)8(17,18)9(19,20)10(21,22)11(23,24)12(25,26)13(27,28)14(29,30)31/h33H,3-6H2,1-2H3/q+1. The minimum absolute atomic E-state index is 0.509. The third-order valence-corrected chi connectivity index (χ3v) is 4.52. The van der Waals surface area contributed by atoms with Crippen molar-refractivity contribution in [1.29, 1.82) is 0 Å². The van der Waals surface area contributed by atoms with E-state index in [9.17, 15) is 74.6 Å². The van der Waals surface area contributed by atoms with Crippen molar-refractivity contribution < 1.29 is 84.2 Å². The van der Waals surface area contributed by atoms with Crippen molar-refractivity contribution in [2.24, 2.45) is 0 Å². The molecule has 0 aliphatic carbocycles. The van der Waals surface area contributed by atoms with E-state index in [0.717, 1.165) is 14.1 Å². The predicted molar refractivity (Wildman–Crippen MR) is 74.2 cm³/mol. The number of nitrogens with zero attached hydrogens (tertiary/aromatic N) is 1. The normalized spacial score (nSPS) is 16.4. The Morgan fingerprint density at radius 3 is 1.09 bits per heavy atom. The van der Waals surface area contributed by atoms with E-state index in [-0.39, 0.29) is 0 Å². The zero-order valence-electron chi connectivity index (χ0n) is 16.1. The van der Waals surface area contributed by atoms with Crippen molar-refractivity contribution in [3.8, 4) is 0 Å². The molecule has 0 saturated heterocycles. The number of aliphatic hydroxyl groups excluding tert-OH is 1. The summed E-state index contributed by atoms with van der Waals surface area (Å²) in [6.07, 6.45) is -10.3. The van der Waals surface area contributed by atoms with Gasteiger partial charge in [-0.25, -0.2) is 0 Å². The van der Waals surface area contributed by atoms with Crippen LogP contribution in [-0.4, -0.2) is 91.0 Å². The highest BCUT2D eigenvalue weighted by Gasteiger charge is 2.95. The van der Waals surface area contributed by atoms with Gasteiger partial charge in [0.25, 0.3) is 0 Å². The lowest BCUT2D eigenvalue weighted by Gasteiger charge is -2.43. The summed E-state index contributed by atoms with van der Waals surface area (Å²) < 4.78 is 222. The Kier molecular flexibility index (Phi) is 8.11. The molecule has 0 radical (unpaired) electrons. The first-order valence-corrected chi connectivity index (χ1v) is 8.16. The Morgan fingerprint density at radius 2 is 0.788 bits per heavy atom. The van der Waals surface area contributed by atoms with E-state index in [1.807, 2.05) is 0 Å². The fourth-order valence-corrected chi connectivity index (χ4v) is 2.18. The molecule has 33 heavy (non-hydrogen) atoms. The Balaban J connectivity index is 6.48. The number of hydrogen-bond acceptors (Lipinski definition) is 1. The molecule has 0 aromatic rings. The Hall–Kier alpha value is -1.27. The maximum absolute atomic E-state index is 13.7. The minimum atomic E-state index is -8.62. The molecular weight excluding hydrogens is 521 g/mol. The van der Waals surface area contributed by atoms with Gasteiger partial charge in [0.15, 0.2) is 0 Å². The fourth-order valence-electron chi connectivity index (χ4n) is 2.18. The molecule has 0 fully saturated rings. The molecule has 0 amide bonds. The van der Waals surface area contributed by atoms with E-state index in [2.05, 4.69) is 0 Å².